The highest BCUT2D eigenvalue weighted by Gasteiger charge is 2.31. The van der Waals surface area contributed by atoms with Gasteiger partial charge in [0.25, 0.3) is 0 Å². The molecule has 0 saturated heterocycles. The van der Waals surface area contributed by atoms with Crippen LogP contribution in [0.2, 0.25) is 10.0 Å². The van der Waals surface area contributed by atoms with Crippen LogP contribution >= 0.6 is 23.2 Å². The zero-order chi connectivity index (χ0) is 26.5. The van der Waals surface area contributed by atoms with Crippen LogP contribution in [0.5, 0.6) is 5.75 Å². The Labute approximate surface area is 222 Å². The predicted octanol–water partition coefficient (Wildman–Crippen LogP) is 4.24. The fourth-order valence-electron chi connectivity index (χ4n) is 4.19. The summed E-state index contributed by atoms with van der Waals surface area (Å²) >= 11 is 12.4. The lowest BCUT2D eigenvalue weighted by Crippen LogP contribution is -2.52. The molecule has 0 spiro atoms. The lowest BCUT2D eigenvalue weighted by molar-refractivity contribution is -0.139. The Morgan fingerprint density at radius 2 is 1.83 bits per heavy atom. The lowest BCUT2D eigenvalue weighted by atomic mass is 10.1. The molecule has 36 heavy (non-hydrogen) atoms. The van der Waals surface area contributed by atoms with Gasteiger partial charge < -0.3 is 15.0 Å². The van der Waals surface area contributed by atoms with Crippen LogP contribution < -0.4 is 14.4 Å². The van der Waals surface area contributed by atoms with Crippen LogP contribution in [0.15, 0.2) is 42.5 Å². The van der Waals surface area contributed by atoms with E-state index in [0.717, 1.165) is 36.2 Å². The van der Waals surface area contributed by atoms with Crippen molar-refractivity contribution in [2.24, 2.45) is 0 Å². The Morgan fingerprint density at radius 3 is 2.44 bits per heavy atom. The number of hydrogen-bond acceptors (Lipinski definition) is 5. The second kappa shape index (κ2) is 12.2. The minimum atomic E-state index is -3.84. The summed E-state index contributed by atoms with van der Waals surface area (Å²) in [6.45, 7) is 1.13. The number of amides is 2. The lowest BCUT2D eigenvalue weighted by Gasteiger charge is -2.32. The number of nitrogens with zero attached hydrogens (tertiary/aromatic N) is 2. The maximum atomic E-state index is 13.6. The standard InChI is InChI=1S/C25H31Cl2N3O5S/c1-17(25(32)28-20-7-4-5-8-20)29(15-18-11-12-19(26)13-23(18)27)24(31)16-30(36(3,33)34)21-9-6-10-22(14-21)35-2/h6,9-14,17,20H,4-5,7-8,15-16H2,1-3H3,(H,28,32)/t17-/m0/s1. The number of benzene rings is 2. The zero-order valence-corrected chi connectivity index (χ0v) is 22.9. The maximum absolute atomic E-state index is 13.6. The second-order valence-electron chi connectivity index (χ2n) is 8.89. The van der Waals surface area contributed by atoms with E-state index in [1.54, 1.807) is 43.3 Å². The number of halogens is 2. The van der Waals surface area contributed by atoms with E-state index in [1.165, 1.54) is 18.1 Å². The van der Waals surface area contributed by atoms with Crippen molar-refractivity contribution >= 4 is 50.7 Å². The molecule has 3 rings (SSSR count). The highest BCUT2D eigenvalue weighted by Crippen LogP contribution is 2.26. The summed E-state index contributed by atoms with van der Waals surface area (Å²) in [6, 6.07) is 10.5. The summed E-state index contributed by atoms with van der Waals surface area (Å²) in [5.74, 6) is -0.404. The Balaban J connectivity index is 1.91. The fourth-order valence-corrected chi connectivity index (χ4v) is 5.50. The first-order valence-electron chi connectivity index (χ1n) is 11.6. The Bertz CT molecular complexity index is 1200. The van der Waals surface area contributed by atoms with Gasteiger partial charge in [0.05, 0.1) is 19.1 Å². The van der Waals surface area contributed by atoms with Gasteiger partial charge in [0.15, 0.2) is 0 Å². The monoisotopic (exact) mass is 555 g/mol. The number of carbonyl (C=O) groups excluding carboxylic acids is 2. The van der Waals surface area contributed by atoms with Gasteiger partial charge in [0, 0.05) is 28.7 Å². The van der Waals surface area contributed by atoms with Crippen molar-refractivity contribution in [3.05, 3.63) is 58.1 Å². The second-order valence-corrected chi connectivity index (χ2v) is 11.6. The number of rotatable bonds is 10. The van der Waals surface area contributed by atoms with Crippen LogP contribution in [-0.2, 0) is 26.2 Å². The van der Waals surface area contributed by atoms with Crippen LogP contribution in [0.3, 0.4) is 0 Å². The van der Waals surface area contributed by atoms with E-state index in [1.807, 2.05) is 0 Å². The van der Waals surface area contributed by atoms with Gasteiger partial charge in [-0.15, -0.1) is 0 Å². The minimum Gasteiger partial charge on any atom is -0.497 e. The number of sulfonamides is 1. The molecule has 1 N–H and O–H groups in total. The number of carbonyl (C=O) groups is 2. The first-order valence-corrected chi connectivity index (χ1v) is 14.3. The molecule has 1 saturated carbocycles. The van der Waals surface area contributed by atoms with Crippen molar-refractivity contribution < 1.29 is 22.7 Å². The molecule has 2 aromatic carbocycles. The molecule has 196 valence electrons. The van der Waals surface area contributed by atoms with Gasteiger partial charge in [-0.1, -0.05) is 48.2 Å². The molecule has 0 aromatic heterocycles. The number of hydrogen-bond donors (Lipinski definition) is 1. The third-order valence-corrected chi connectivity index (χ3v) is 7.97. The molecule has 1 fully saturated rings. The maximum Gasteiger partial charge on any atom is 0.244 e. The quantitative estimate of drug-likeness (QED) is 0.472. The molecule has 0 radical (unpaired) electrons. The number of methoxy groups -OCH3 is 1. The molecule has 0 bridgehead atoms. The van der Waals surface area contributed by atoms with E-state index < -0.39 is 28.5 Å². The highest BCUT2D eigenvalue weighted by atomic mass is 35.5. The summed E-state index contributed by atoms with van der Waals surface area (Å²) < 4.78 is 31.6. The normalized spacial score (nSPS) is 14.8. The number of nitrogens with one attached hydrogen (secondary N) is 1. The molecule has 8 nitrogen and oxygen atoms in total. The molecule has 1 aliphatic carbocycles. The van der Waals surface area contributed by atoms with Gasteiger partial charge in [0.1, 0.15) is 18.3 Å². The number of ether oxygens (including phenoxy) is 1. The summed E-state index contributed by atoms with van der Waals surface area (Å²) in [5.41, 5.74) is 0.861. The van der Waals surface area contributed by atoms with Crippen molar-refractivity contribution in [1.82, 2.24) is 10.2 Å². The van der Waals surface area contributed by atoms with Crippen LogP contribution in [0.1, 0.15) is 38.2 Å². The highest BCUT2D eigenvalue weighted by molar-refractivity contribution is 7.92. The third-order valence-electron chi connectivity index (χ3n) is 6.25. The minimum absolute atomic E-state index is 0.00377. The summed E-state index contributed by atoms with van der Waals surface area (Å²) in [7, 11) is -2.37. The summed E-state index contributed by atoms with van der Waals surface area (Å²) in [5, 5.41) is 3.80. The van der Waals surface area contributed by atoms with Crippen molar-refractivity contribution in [3.8, 4) is 5.75 Å². The molecule has 1 atom stereocenters. The first-order chi connectivity index (χ1) is 17.0. The smallest absolute Gasteiger partial charge is 0.244 e. The average Bonchev–Trinajstić information content (AvgIpc) is 3.33. The first kappa shape index (κ1) is 28.1. The van der Waals surface area contributed by atoms with Gasteiger partial charge in [-0.25, -0.2) is 8.42 Å². The van der Waals surface area contributed by atoms with Crippen molar-refractivity contribution in [2.45, 2.75) is 51.2 Å². The molecule has 11 heteroatoms. The van der Waals surface area contributed by atoms with Crippen LogP contribution in [0.4, 0.5) is 5.69 Å². The topological polar surface area (TPSA) is 96.0 Å². The van der Waals surface area contributed by atoms with Crippen molar-refractivity contribution in [2.75, 3.05) is 24.2 Å². The van der Waals surface area contributed by atoms with E-state index in [0.29, 0.717) is 21.4 Å². The van der Waals surface area contributed by atoms with Crippen molar-refractivity contribution in [1.29, 1.82) is 0 Å². The van der Waals surface area contributed by atoms with Gasteiger partial charge in [0.2, 0.25) is 21.8 Å². The largest absolute Gasteiger partial charge is 0.497 e. The fraction of sp³-hybridized carbons (Fsp3) is 0.440. The molecule has 2 aromatic rings. The molecule has 0 heterocycles. The molecular formula is C25H31Cl2N3O5S. The van der Waals surface area contributed by atoms with Gasteiger partial charge in [-0.3, -0.25) is 13.9 Å². The Kier molecular flexibility index (Phi) is 9.49. The van der Waals surface area contributed by atoms with Gasteiger partial charge in [-0.05, 0) is 49.6 Å². The van der Waals surface area contributed by atoms with E-state index in [4.69, 9.17) is 27.9 Å². The Morgan fingerprint density at radius 1 is 1.14 bits per heavy atom. The molecule has 0 unspecified atom stereocenters. The average molecular weight is 557 g/mol. The molecule has 0 aliphatic heterocycles. The SMILES string of the molecule is COc1cccc(N(CC(=O)N(Cc2ccc(Cl)cc2Cl)[C@@H](C)C(=O)NC2CCCC2)S(C)(=O)=O)c1. The summed E-state index contributed by atoms with van der Waals surface area (Å²) in [6.07, 6.45) is 4.91. The van der Waals surface area contributed by atoms with Gasteiger partial charge in [-0.2, -0.15) is 0 Å². The summed E-state index contributed by atoms with van der Waals surface area (Å²) in [4.78, 5) is 28.1. The van der Waals surface area contributed by atoms with E-state index >= 15 is 0 Å². The van der Waals surface area contributed by atoms with Crippen LogP contribution in [-0.4, -0.2) is 57.1 Å². The zero-order valence-electron chi connectivity index (χ0n) is 20.5. The molecule has 2 amide bonds. The van der Waals surface area contributed by atoms with Crippen LogP contribution in [0, 0.1) is 0 Å². The van der Waals surface area contributed by atoms with Crippen LogP contribution in [0.25, 0.3) is 0 Å². The van der Waals surface area contributed by atoms with Crippen molar-refractivity contribution in [3.63, 3.8) is 0 Å². The Hall–Kier alpha value is -2.49. The van der Waals surface area contributed by atoms with E-state index in [9.17, 15) is 18.0 Å². The number of anilines is 1. The van der Waals surface area contributed by atoms with Gasteiger partial charge >= 0.3 is 0 Å². The predicted molar refractivity (Wildman–Crippen MR) is 142 cm³/mol. The third kappa shape index (κ3) is 7.27. The van der Waals surface area contributed by atoms with E-state index in [2.05, 4.69) is 5.32 Å². The molecular weight excluding hydrogens is 525 g/mol. The molecule has 1 aliphatic rings. The van der Waals surface area contributed by atoms with E-state index in [-0.39, 0.29) is 24.2 Å².